The molecule has 4 nitrogen and oxygen atoms in total. The molecule has 1 aliphatic heterocycles. The van der Waals surface area contributed by atoms with Crippen LogP contribution < -0.4 is 5.73 Å². The predicted molar refractivity (Wildman–Crippen MR) is 66.9 cm³/mol. The van der Waals surface area contributed by atoms with Gasteiger partial charge in [-0.1, -0.05) is 0 Å². The van der Waals surface area contributed by atoms with Gasteiger partial charge < -0.3 is 10.5 Å². The van der Waals surface area contributed by atoms with E-state index in [1.807, 2.05) is 13.8 Å². The summed E-state index contributed by atoms with van der Waals surface area (Å²) in [5, 5.41) is 0. The van der Waals surface area contributed by atoms with E-state index in [1.165, 1.54) is 5.56 Å². The Kier molecular flexibility index (Phi) is 4.07. The molecule has 0 saturated carbocycles. The Labute approximate surface area is 103 Å². The summed E-state index contributed by atoms with van der Waals surface area (Å²) < 4.78 is 5.38. The van der Waals surface area contributed by atoms with Gasteiger partial charge >= 0.3 is 0 Å². The summed E-state index contributed by atoms with van der Waals surface area (Å²) in [6.45, 7) is 6.49. The Morgan fingerprint density at radius 3 is 2.53 bits per heavy atom. The van der Waals surface area contributed by atoms with Crippen LogP contribution in [0.25, 0.3) is 0 Å². The van der Waals surface area contributed by atoms with Gasteiger partial charge in [0.15, 0.2) is 0 Å². The molecule has 4 heteroatoms. The highest BCUT2D eigenvalue weighted by molar-refractivity contribution is 5.24. The fourth-order valence-corrected chi connectivity index (χ4v) is 2.41. The fraction of sp³-hybridized carbons (Fsp3) is 0.692. The van der Waals surface area contributed by atoms with Crippen molar-refractivity contribution >= 4 is 0 Å². The van der Waals surface area contributed by atoms with E-state index in [0.29, 0.717) is 12.5 Å². The monoisotopic (exact) mass is 235 g/mol. The van der Waals surface area contributed by atoms with Crippen LogP contribution in [0.15, 0.2) is 0 Å². The van der Waals surface area contributed by atoms with Crippen LogP contribution in [0.3, 0.4) is 0 Å². The van der Waals surface area contributed by atoms with Crippen molar-refractivity contribution in [2.45, 2.75) is 33.1 Å². The van der Waals surface area contributed by atoms with Crippen molar-refractivity contribution in [1.82, 2.24) is 9.97 Å². The summed E-state index contributed by atoms with van der Waals surface area (Å²) in [7, 11) is 0. The molecule has 17 heavy (non-hydrogen) atoms. The van der Waals surface area contributed by atoms with Crippen molar-refractivity contribution in [2.24, 2.45) is 11.7 Å². The standard InChI is InChI=1S/C13H21N3O/c1-9-12(3-5-14)10(2)16-13(15-9)7-11-4-6-17-8-11/h11H,3-8,14H2,1-2H3. The Bertz CT molecular complexity index is 363. The smallest absolute Gasteiger partial charge is 0.129 e. The lowest BCUT2D eigenvalue weighted by atomic mass is 10.0. The maximum Gasteiger partial charge on any atom is 0.129 e. The molecule has 2 heterocycles. The zero-order valence-electron chi connectivity index (χ0n) is 10.7. The van der Waals surface area contributed by atoms with Gasteiger partial charge in [-0.2, -0.15) is 0 Å². The van der Waals surface area contributed by atoms with E-state index < -0.39 is 0 Å². The van der Waals surface area contributed by atoms with Crippen LogP contribution in [0.1, 0.15) is 29.2 Å². The number of aryl methyl sites for hydroxylation is 2. The van der Waals surface area contributed by atoms with Crippen LogP contribution in [0, 0.1) is 19.8 Å². The van der Waals surface area contributed by atoms with Gasteiger partial charge in [-0.05, 0) is 44.7 Å². The molecule has 1 aromatic rings. The third kappa shape index (κ3) is 3.01. The minimum absolute atomic E-state index is 0.592. The lowest BCUT2D eigenvalue weighted by Crippen LogP contribution is -2.13. The van der Waals surface area contributed by atoms with Crippen LogP contribution in [-0.4, -0.2) is 29.7 Å². The maximum absolute atomic E-state index is 5.60. The first-order valence-electron chi connectivity index (χ1n) is 6.31. The molecule has 0 amide bonds. The van der Waals surface area contributed by atoms with E-state index in [-0.39, 0.29) is 0 Å². The number of aromatic nitrogens is 2. The Hall–Kier alpha value is -1.00. The molecule has 0 bridgehead atoms. The molecule has 1 saturated heterocycles. The van der Waals surface area contributed by atoms with E-state index >= 15 is 0 Å². The van der Waals surface area contributed by atoms with Crippen LogP contribution >= 0.6 is 0 Å². The summed E-state index contributed by atoms with van der Waals surface area (Å²) in [6.07, 6.45) is 2.93. The second-order valence-electron chi connectivity index (χ2n) is 4.76. The van der Waals surface area contributed by atoms with Crippen molar-refractivity contribution in [1.29, 1.82) is 0 Å². The molecule has 0 aliphatic carbocycles. The van der Waals surface area contributed by atoms with E-state index in [1.54, 1.807) is 0 Å². The third-order valence-electron chi connectivity index (χ3n) is 3.36. The molecule has 94 valence electrons. The van der Waals surface area contributed by atoms with Crippen molar-refractivity contribution < 1.29 is 4.74 Å². The first kappa shape index (κ1) is 12.5. The van der Waals surface area contributed by atoms with Gasteiger partial charge in [-0.15, -0.1) is 0 Å². The number of hydrogen-bond acceptors (Lipinski definition) is 4. The number of nitrogens with zero attached hydrogens (tertiary/aromatic N) is 2. The fourth-order valence-electron chi connectivity index (χ4n) is 2.41. The van der Waals surface area contributed by atoms with E-state index in [2.05, 4.69) is 9.97 Å². The highest BCUT2D eigenvalue weighted by Crippen LogP contribution is 2.18. The molecule has 2 rings (SSSR count). The maximum atomic E-state index is 5.60. The average molecular weight is 235 g/mol. The zero-order valence-corrected chi connectivity index (χ0v) is 10.7. The predicted octanol–water partition coefficient (Wildman–Crippen LogP) is 1.17. The van der Waals surface area contributed by atoms with Gasteiger partial charge in [-0.3, -0.25) is 0 Å². The molecular formula is C13H21N3O. The molecule has 0 spiro atoms. The van der Waals surface area contributed by atoms with Crippen LogP contribution in [0.2, 0.25) is 0 Å². The normalized spacial score (nSPS) is 19.8. The van der Waals surface area contributed by atoms with Crippen LogP contribution in [-0.2, 0) is 17.6 Å². The van der Waals surface area contributed by atoms with Gasteiger partial charge in [0.05, 0.1) is 0 Å². The zero-order chi connectivity index (χ0) is 12.3. The minimum Gasteiger partial charge on any atom is -0.381 e. The highest BCUT2D eigenvalue weighted by atomic mass is 16.5. The van der Waals surface area contributed by atoms with E-state index in [4.69, 9.17) is 10.5 Å². The van der Waals surface area contributed by atoms with Crippen molar-refractivity contribution in [2.75, 3.05) is 19.8 Å². The van der Waals surface area contributed by atoms with Crippen molar-refractivity contribution in [3.63, 3.8) is 0 Å². The molecule has 0 radical (unpaired) electrons. The SMILES string of the molecule is Cc1nc(CC2CCOC2)nc(C)c1CCN. The average Bonchev–Trinajstić information content (AvgIpc) is 2.76. The third-order valence-corrected chi connectivity index (χ3v) is 3.36. The Balaban J connectivity index is 2.13. The van der Waals surface area contributed by atoms with Gasteiger partial charge in [-0.25, -0.2) is 9.97 Å². The second kappa shape index (κ2) is 5.56. The molecule has 1 unspecified atom stereocenters. The number of hydrogen-bond donors (Lipinski definition) is 1. The first-order chi connectivity index (χ1) is 8.20. The molecule has 1 aromatic heterocycles. The molecule has 0 aromatic carbocycles. The molecule has 1 atom stereocenters. The topological polar surface area (TPSA) is 61.0 Å². The summed E-state index contributed by atoms with van der Waals surface area (Å²) in [5.41, 5.74) is 8.96. The van der Waals surface area contributed by atoms with Gasteiger partial charge in [0, 0.05) is 31.0 Å². The van der Waals surface area contributed by atoms with E-state index in [9.17, 15) is 0 Å². The van der Waals surface area contributed by atoms with Gasteiger partial charge in [0.2, 0.25) is 0 Å². The molecule has 1 fully saturated rings. The van der Waals surface area contributed by atoms with Crippen molar-refractivity contribution in [3.8, 4) is 0 Å². The van der Waals surface area contributed by atoms with Gasteiger partial charge in [0.1, 0.15) is 5.82 Å². The molecular weight excluding hydrogens is 214 g/mol. The number of ether oxygens (including phenoxy) is 1. The molecule has 2 N–H and O–H groups in total. The number of nitrogens with two attached hydrogens (primary N) is 1. The lowest BCUT2D eigenvalue weighted by molar-refractivity contribution is 0.185. The van der Waals surface area contributed by atoms with Crippen LogP contribution in [0.4, 0.5) is 0 Å². The number of rotatable bonds is 4. The molecule has 1 aliphatic rings. The second-order valence-corrected chi connectivity index (χ2v) is 4.76. The largest absolute Gasteiger partial charge is 0.381 e. The first-order valence-corrected chi connectivity index (χ1v) is 6.31. The lowest BCUT2D eigenvalue weighted by Gasteiger charge is -2.11. The minimum atomic E-state index is 0.592. The highest BCUT2D eigenvalue weighted by Gasteiger charge is 2.18. The van der Waals surface area contributed by atoms with Crippen LogP contribution in [0.5, 0.6) is 0 Å². The van der Waals surface area contributed by atoms with Gasteiger partial charge in [0.25, 0.3) is 0 Å². The quantitative estimate of drug-likeness (QED) is 0.851. The summed E-state index contributed by atoms with van der Waals surface area (Å²) in [6, 6.07) is 0. The Morgan fingerprint density at radius 2 is 2.00 bits per heavy atom. The summed E-state index contributed by atoms with van der Waals surface area (Å²) >= 11 is 0. The summed E-state index contributed by atoms with van der Waals surface area (Å²) in [5.74, 6) is 1.55. The summed E-state index contributed by atoms with van der Waals surface area (Å²) in [4.78, 5) is 9.19. The van der Waals surface area contributed by atoms with E-state index in [0.717, 1.165) is 49.7 Å². The van der Waals surface area contributed by atoms with Crippen molar-refractivity contribution in [3.05, 3.63) is 22.8 Å². The Morgan fingerprint density at radius 1 is 1.29 bits per heavy atom.